The number of carboxylic acids is 1. The molecule has 16 heavy (non-hydrogen) atoms. The minimum atomic E-state index is -1.70. The van der Waals surface area contributed by atoms with Crippen molar-refractivity contribution in [3.63, 3.8) is 0 Å². The van der Waals surface area contributed by atoms with Gasteiger partial charge in [-0.1, -0.05) is 15.9 Å². The Morgan fingerprint density at radius 1 is 1.56 bits per heavy atom. The molecule has 0 aliphatic heterocycles. The van der Waals surface area contributed by atoms with Crippen molar-refractivity contribution < 1.29 is 19.9 Å². The summed E-state index contributed by atoms with van der Waals surface area (Å²) in [6.45, 7) is 1.50. The van der Waals surface area contributed by atoms with Crippen molar-refractivity contribution in [3.05, 3.63) is 37.8 Å². The number of hydrogen-bond donors (Lipinski definition) is 2. The molecule has 1 unspecified atom stereocenters. The summed E-state index contributed by atoms with van der Waals surface area (Å²) in [5.74, 6) is -1.40. The molecule has 1 aromatic carbocycles. The first kappa shape index (κ1) is 12.6. The molecule has 0 aliphatic rings. The lowest BCUT2D eigenvalue weighted by atomic mass is 10.0. The third-order valence-corrected chi connectivity index (χ3v) is 2.70. The Hall–Kier alpha value is -1.47. The summed E-state index contributed by atoms with van der Waals surface area (Å²) in [5, 5.41) is 28.6. The molecule has 0 saturated heterocycles. The minimum absolute atomic E-state index is 0.123. The van der Waals surface area contributed by atoms with Crippen molar-refractivity contribution in [2.24, 2.45) is 0 Å². The summed E-state index contributed by atoms with van der Waals surface area (Å²) in [7, 11) is 0. The van der Waals surface area contributed by atoms with Crippen LogP contribution in [0.25, 0.3) is 0 Å². The van der Waals surface area contributed by atoms with E-state index >= 15 is 0 Å². The van der Waals surface area contributed by atoms with E-state index in [1.165, 1.54) is 13.0 Å². The maximum absolute atomic E-state index is 10.6. The summed E-state index contributed by atoms with van der Waals surface area (Å²) in [5.41, 5.74) is 0.305. The van der Waals surface area contributed by atoms with Crippen LogP contribution in [0.4, 0.5) is 5.69 Å². The van der Waals surface area contributed by atoms with Crippen LogP contribution in [0.5, 0.6) is 0 Å². The SMILES string of the molecule is Cc1cc([N+](=O)[O-])cc(Br)c1C(O)C(=O)O. The highest BCUT2D eigenvalue weighted by molar-refractivity contribution is 9.10. The van der Waals surface area contributed by atoms with Crippen LogP contribution in [0.3, 0.4) is 0 Å². The van der Waals surface area contributed by atoms with Crippen LogP contribution in [-0.2, 0) is 4.79 Å². The molecule has 7 heteroatoms. The zero-order valence-electron chi connectivity index (χ0n) is 8.18. The van der Waals surface area contributed by atoms with Gasteiger partial charge in [-0.05, 0) is 12.5 Å². The fourth-order valence-electron chi connectivity index (χ4n) is 1.31. The fraction of sp³-hybridized carbons (Fsp3) is 0.222. The first-order valence-corrected chi connectivity index (χ1v) is 4.99. The number of non-ortho nitro benzene ring substituents is 1. The quantitative estimate of drug-likeness (QED) is 0.652. The highest BCUT2D eigenvalue weighted by atomic mass is 79.9. The van der Waals surface area contributed by atoms with Gasteiger partial charge < -0.3 is 10.2 Å². The zero-order chi connectivity index (χ0) is 12.5. The predicted molar refractivity (Wildman–Crippen MR) is 58.1 cm³/mol. The number of nitro groups is 1. The van der Waals surface area contributed by atoms with Gasteiger partial charge in [-0.2, -0.15) is 0 Å². The van der Waals surface area contributed by atoms with E-state index in [0.717, 1.165) is 6.07 Å². The summed E-state index contributed by atoms with van der Waals surface area (Å²) in [6.07, 6.45) is -1.70. The van der Waals surface area contributed by atoms with Crippen molar-refractivity contribution >= 4 is 27.6 Å². The maximum atomic E-state index is 10.6. The van der Waals surface area contributed by atoms with Crippen LogP contribution in [0.15, 0.2) is 16.6 Å². The van der Waals surface area contributed by atoms with Gasteiger partial charge in [0.05, 0.1) is 4.92 Å². The highest BCUT2D eigenvalue weighted by Crippen LogP contribution is 2.31. The van der Waals surface area contributed by atoms with E-state index < -0.39 is 17.0 Å². The highest BCUT2D eigenvalue weighted by Gasteiger charge is 2.23. The van der Waals surface area contributed by atoms with Crippen molar-refractivity contribution in [3.8, 4) is 0 Å². The molecule has 1 atom stereocenters. The number of carboxylic acid groups (broad SMARTS) is 1. The number of aryl methyl sites for hydroxylation is 1. The van der Waals surface area contributed by atoms with Crippen molar-refractivity contribution in [2.75, 3.05) is 0 Å². The standard InChI is InChI=1S/C9H8BrNO5/c1-4-2-5(11(15)16)3-6(10)7(4)8(12)9(13)14/h2-3,8,12H,1H3,(H,13,14). The zero-order valence-corrected chi connectivity index (χ0v) is 9.76. The van der Waals surface area contributed by atoms with Gasteiger partial charge >= 0.3 is 5.97 Å². The fourth-order valence-corrected chi connectivity index (χ4v) is 2.08. The minimum Gasteiger partial charge on any atom is -0.479 e. The predicted octanol–water partition coefficient (Wildman–Crippen LogP) is 1.78. The second-order valence-electron chi connectivity index (χ2n) is 3.16. The lowest BCUT2D eigenvalue weighted by molar-refractivity contribution is -0.385. The van der Waals surface area contributed by atoms with Gasteiger partial charge in [0.25, 0.3) is 5.69 Å². The number of aliphatic hydroxyl groups excluding tert-OH is 1. The molecule has 0 spiro atoms. The summed E-state index contributed by atoms with van der Waals surface area (Å²) >= 11 is 3.01. The molecule has 1 rings (SSSR count). The number of carbonyl (C=O) groups is 1. The van der Waals surface area contributed by atoms with Crippen LogP contribution < -0.4 is 0 Å². The van der Waals surface area contributed by atoms with E-state index in [1.807, 2.05) is 0 Å². The van der Waals surface area contributed by atoms with Crippen LogP contribution in [0.1, 0.15) is 17.2 Å². The first-order chi connectivity index (χ1) is 7.34. The first-order valence-electron chi connectivity index (χ1n) is 4.20. The Labute approximate surface area is 98.8 Å². The second kappa shape index (κ2) is 4.58. The summed E-state index contributed by atoms with van der Waals surface area (Å²) in [6, 6.07) is 2.38. The van der Waals surface area contributed by atoms with Gasteiger partial charge in [-0.3, -0.25) is 10.1 Å². The Morgan fingerprint density at radius 2 is 2.12 bits per heavy atom. The lowest BCUT2D eigenvalue weighted by Gasteiger charge is -2.11. The number of hydrogen-bond acceptors (Lipinski definition) is 4. The van der Waals surface area contributed by atoms with Gasteiger partial charge in [0.1, 0.15) is 0 Å². The molecule has 6 nitrogen and oxygen atoms in total. The molecule has 0 amide bonds. The molecular weight excluding hydrogens is 282 g/mol. The van der Waals surface area contributed by atoms with Crippen molar-refractivity contribution in [2.45, 2.75) is 13.0 Å². The number of rotatable bonds is 3. The summed E-state index contributed by atoms with van der Waals surface area (Å²) < 4.78 is 0.203. The second-order valence-corrected chi connectivity index (χ2v) is 4.01. The number of benzene rings is 1. The molecule has 0 heterocycles. The van der Waals surface area contributed by atoms with E-state index in [2.05, 4.69) is 15.9 Å². The Bertz CT molecular complexity index is 436. The van der Waals surface area contributed by atoms with Gasteiger partial charge in [-0.15, -0.1) is 0 Å². The van der Waals surface area contributed by atoms with Gasteiger partial charge in [0.2, 0.25) is 0 Å². The van der Waals surface area contributed by atoms with Crippen LogP contribution in [-0.4, -0.2) is 21.1 Å². The average molecular weight is 290 g/mol. The molecular formula is C9H8BrNO5. The molecule has 86 valence electrons. The van der Waals surface area contributed by atoms with Gasteiger partial charge in [0, 0.05) is 22.2 Å². The Kier molecular flexibility index (Phi) is 3.61. The number of nitrogens with zero attached hydrogens (tertiary/aromatic N) is 1. The molecule has 0 aromatic heterocycles. The molecule has 0 fully saturated rings. The lowest BCUT2D eigenvalue weighted by Crippen LogP contribution is -2.12. The number of halogens is 1. The number of aliphatic carboxylic acids is 1. The van der Waals surface area contributed by atoms with E-state index in [9.17, 15) is 20.0 Å². The third kappa shape index (κ3) is 2.37. The number of aliphatic hydroxyl groups is 1. The third-order valence-electron chi connectivity index (χ3n) is 2.04. The van der Waals surface area contributed by atoms with Crippen molar-refractivity contribution in [1.82, 2.24) is 0 Å². The van der Waals surface area contributed by atoms with E-state index in [0.29, 0.717) is 5.56 Å². The van der Waals surface area contributed by atoms with E-state index in [1.54, 1.807) is 0 Å². The van der Waals surface area contributed by atoms with Crippen LogP contribution in [0.2, 0.25) is 0 Å². The molecule has 0 aliphatic carbocycles. The topological polar surface area (TPSA) is 101 Å². The maximum Gasteiger partial charge on any atom is 0.337 e. The monoisotopic (exact) mass is 289 g/mol. The molecule has 1 aromatic rings. The molecule has 2 N–H and O–H groups in total. The Balaban J connectivity index is 3.33. The molecule has 0 saturated carbocycles. The largest absolute Gasteiger partial charge is 0.479 e. The summed E-state index contributed by atoms with van der Waals surface area (Å²) in [4.78, 5) is 20.6. The van der Waals surface area contributed by atoms with Crippen LogP contribution >= 0.6 is 15.9 Å². The van der Waals surface area contributed by atoms with E-state index in [-0.39, 0.29) is 15.7 Å². The average Bonchev–Trinajstić information content (AvgIpc) is 2.15. The Morgan fingerprint density at radius 3 is 2.50 bits per heavy atom. The normalized spacial score (nSPS) is 12.2. The van der Waals surface area contributed by atoms with Crippen molar-refractivity contribution in [1.29, 1.82) is 0 Å². The smallest absolute Gasteiger partial charge is 0.337 e. The van der Waals surface area contributed by atoms with Crippen LogP contribution in [0, 0.1) is 17.0 Å². The van der Waals surface area contributed by atoms with E-state index in [4.69, 9.17) is 5.11 Å². The van der Waals surface area contributed by atoms with Gasteiger partial charge in [-0.25, -0.2) is 4.79 Å². The molecule has 0 radical (unpaired) electrons. The van der Waals surface area contributed by atoms with Gasteiger partial charge in [0.15, 0.2) is 6.10 Å². The number of nitro benzene ring substituents is 1. The molecule has 0 bridgehead atoms.